The second-order valence-electron chi connectivity index (χ2n) is 5.90. The highest BCUT2D eigenvalue weighted by atomic mass is 16.5. The lowest BCUT2D eigenvalue weighted by atomic mass is 9.87. The molecule has 88 valence electrons. The van der Waals surface area contributed by atoms with E-state index in [1.807, 2.05) is 0 Å². The summed E-state index contributed by atoms with van der Waals surface area (Å²) in [6, 6.07) is 0. The Bertz CT molecular complexity index is 154. The number of ether oxygens (including phenoxy) is 1. The highest BCUT2D eigenvalue weighted by Gasteiger charge is 2.24. The molecule has 0 aromatic rings. The van der Waals surface area contributed by atoms with Crippen molar-refractivity contribution < 1.29 is 4.74 Å². The van der Waals surface area contributed by atoms with Gasteiger partial charge in [0.15, 0.2) is 0 Å². The van der Waals surface area contributed by atoms with Crippen molar-refractivity contribution in [1.29, 1.82) is 0 Å². The van der Waals surface area contributed by atoms with Gasteiger partial charge in [-0.15, -0.1) is 0 Å². The average Bonchev–Trinajstić information content (AvgIpc) is 2.25. The van der Waals surface area contributed by atoms with Crippen molar-refractivity contribution in [3.05, 3.63) is 0 Å². The summed E-state index contributed by atoms with van der Waals surface area (Å²) in [4.78, 5) is 0. The summed E-state index contributed by atoms with van der Waals surface area (Å²) < 4.78 is 6.23. The molecule has 0 radical (unpaired) electrons. The van der Waals surface area contributed by atoms with Crippen molar-refractivity contribution in [3.8, 4) is 0 Å². The molecule has 2 aliphatic carbocycles. The molecule has 2 fully saturated rings. The van der Waals surface area contributed by atoms with Gasteiger partial charge in [-0.1, -0.05) is 13.8 Å². The van der Waals surface area contributed by atoms with Gasteiger partial charge in [-0.05, 0) is 63.2 Å². The molecule has 0 aromatic heterocycles. The highest BCUT2D eigenvalue weighted by Crippen LogP contribution is 2.31. The standard InChI is InChI=1S/C14H26O/c1-11-3-7-13(8-4-11)15-14-9-5-12(2)6-10-14/h11-14H,3-10H2,1-2H3. The van der Waals surface area contributed by atoms with Crippen LogP contribution in [0.4, 0.5) is 0 Å². The molecular formula is C14H26O. The Morgan fingerprint density at radius 2 is 0.933 bits per heavy atom. The predicted molar refractivity (Wildman–Crippen MR) is 63.9 cm³/mol. The minimum absolute atomic E-state index is 0.597. The Labute approximate surface area is 94.6 Å². The lowest BCUT2D eigenvalue weighted by molar-refractivity contribution is -0.0545. The fourth-order valence-corrected chi connectivity index (χ4v) is 3.00. The van der Waals surface area contributed by atoms with E-state index in [1.165, 1.54) is 51.4 Å². The molecule has 2 rings (SSSR count). The zero-order chi connectivity index (χ0) is 10.7. The fourth-order valence-electron chi connectivity index (χ4n) is 3.00. The zero-order valence-corrected chi connectivity index (χ0v) is 10.4. The van der Waals surface area contributed by atoms with Gasteiger partial charge >= 0.3 is 0 Å². The summed E-state index contributed by atoms with van der Waals surface area (Å²) in [7, 11) is 0. The largest absolute Gasteiger partial charge is 0.375 e. The summed E-state index contributed by atoms with van der Waals surface area (Å²) in [6.45, 7) is 4.75. The van der Waals surface area contributed by atoms with Crippen LogP contribution in [0.25, 0.3) is 0 Å². The second-order valence-corrected chi connectivity index (χ2v) is 5.90. The second kappa shape index (κ2) is 5.34. The molecule has 0 N–H and O–H groups in total. The van der Waals surface area contributed by atoms with E-state index < -0.39 is 0 Å². The van der Waals surface area contributed by atoms with E-state index >= 15 is 0 Å². The summed E-state index contributed by atoms with van der Waals surface area (Å²) >= 11 is 0. The topological polar surface area (TPSA) is 9.23 Å². The van der Waals surface area contributed by atoms with Crippen LogP contribution >= 0.6 is 0 Å². The van der Waals surface area contributed by atoms with Crippen LogP contribution in [-0.4, -0.2) is 12.2 Å². The van der Waals surface area contributed by atoms with Gasteiger partial charge in [0.05, 0.1) is 12.2 Å². The molecule has 2 saturated carbocycles. The van der Waals surface area contributed by atoms with Crippen molar-refractivity contribution >= 4 is 0 Å². The van der Waals surface area contributed by atoms with E-state index in [2.05, 4.69) is 13.8 Å². The van der Waals surface area contributed by atoms with E-state index in [0.29, 0.717) is 12.2 Å². The molecular weight excluding hydrogens is 184 g/mol. The third-order valence-corrected chi connectivity index (χ3v) is 4.31. The number of hydrogen-bond acceptors (Lipinski definition) is 1. The maximum atomic E-state index is 6.23. The van der Waals surface area contributed by atoms with Crippen LogP contribution in [0.1, 0.15) is 65.2 Å². The van der Waals surface area contributed by atoms with Crippen LogP contribution in [-0.2, 0) is 4.74 Å². The first-order valence-corrected chi connectivity index (χ1v) is 6.89. The van der Waals surface area contributed by atoms with Crippen LogP contribution in [0.15, 0.2) is 0 Å². The molecule has 0 spiro atoms. The van der Waals surface area contributed by atoms with Crippen molar-refractivity contribution in [2.24, 2.45) is 11.8 Å². The van der Waals surface area contributed by atoms with Crippen molar-refractivity contribution in [3.63, 3.8) is 0 Å². The van der Waals surface area contributed by atoms with E-state index in [-0.39, 0.29) is 0 Å². The van der Waals surface area contributed by atoms with Crippen molar-refractivity contribution in [1.82, 2.24) is 0 Å². The summed E-state index contributed by atoms with van der Waals surface area (Å²) in [5.41, 5.74) is 0. The normalized spacial score (nSPS) is 42.8. The summed E-state index contributed by atoms with van der Waals surface area (Å²) in [5, 5.41) is 0. The molecule has 0 aliphatic heterocycles. The first-order valence-electron chi connectivity index (χ1n) is 6.89. The van der Waals surface area contributed by atoms with E-state index in [1.54, 1.807) is 0 Å². The maximum absolute atomic E-state index is 6.23. The molecule has 0 saturated heterocycles. The molecule has 15 heavy (non-hydrogen) atoms. The van der Waals surface area contributed by atoms with Gasteiger partial charge in [0.25, 0.3) is 0 Å². The Kier molecular flexibility index (Phi) is 4.07. The van der Waals surface area contributed by atoms with Gasteiger partial charge in [-0.3, -0.25) is 0 Å². The molecule has 1 heteroatoms. The molecule has 0 heterocycles. The lowest BCUT2D eigenvalue weighted by Gasteiger charge is -2.33. The number of rotatable bonds is 2. The molecule has 0 aromatic carbocycles. The average molecular weight is 210 g/mol. The highest BCUT2D eigenvalue weighted by molar-refractivity contribution is 4.75. The van der Waals surface area contributed by atoms with Gasteiger partial charge in [0, 0.05) is 0 Å². The third-order valence-electron chi connectivity index (χ3n) is 4.31. The van der Waals surface area contributed by atoms with Gasteiger partial charge in [0.1, 0.15) is 0 Å². The smallest absolute Gasteiger partial charge is 0.0579 e. The van der Waals surface area contributed by atoms with Crippen molar-refractivity contribution in [2.75, 3.05) is 0 Å². The number of hydrogen-bond donors (Lipinski definition) is 0. The lowest BCUT2D eigenvalue weighted by Crippen LogP contribution is -2.28. The van der Waals surface area contributed by atoms with Crippen LogP contribution < -0.4 is 0 Å². The third kappa shape index (κ3) is 3.48. The SMILES string of the molecule is CC1CCC(OC2CCC(C)CC2)CC1. The fraction of sp³-hybridized carbons (Fsp3) is 1.00. The molecule has 0 amide bonds. The van der Waals surface area contributed by atoms with Crippen LogP contribution in [0.3, 0.4) is 0 Å². The van der Waals surface area contributed by atoms with Gasteiger partial charge in [-0.25, -0.2) is 0 Å². The quantitative estimate of drug-likeness (QED) is 0.665. The van der Waals surface area contributed by atoms with E-state index in [9.17, 15) is 0 Å². The molecule has 0 unspecified atom stereocenters. The first kappa shape index (κ1) is 11.4. The van der Waals surface area contributed by atoms with Crippen LogP contribution in [0.2, 0.25) is 0 Å². The zero-order valence-electron chi connectivity index (χ0n) is 10.4. The summed E-state index contributed by atoms with van der Waals surface area (Å²) in [5.74, 6) is 1.88. The molecule has 0 bridgehead atoms. The maximum Gasteiger partial charge on any atom is 0.0579 e. The Morgan fingerprint density at radius 1 is 0.600 bits per heavy atom. The Balaban J connectivity index is 1.68. The predicted octanol–water partition coefficient (Wildman–Crippen LogP) is 4.16. The minimum atomic E-state index is 0.597. The molecule has 0 atom stereocenters. The van der Waals surface area contributed by atoms with Crippen LogP contribution in [0.5, 0.6) is 0 Å². The Hall–Kier alpha value is -0.0400. The van der Waals surface area contributed by atoms with E-state index in [4.69, 9.17) is 4.74 Å². The van der Waals surface area contributed by atoms with Gasteiger partial charge in [-0.2, -0.15) is 0 Å². The van der Waals surface area contributed by atoms with Gasteiger partial charge < -0.3 is 4.74 Å². The van der Waals surface area contributed by atoms with Crippen molar-refractivity contribution in [2.45, 2.75) is 77.4 Å². The molecule has 1 nitrogen and oxygen atoms in total. The van der Waals surface area contributed by atoms with Gasteiger partial charge in [0.2, 0.25) is 0 Å². The monoisotopic (exact) mass is 210 g/mol. The Morgan fingerprint density at radius 3 is 1.27 bits per heavy atom. The summed E-state index contributed by atoms with van der Waals surface area (Å²) in [6.07, 6.45) is 12.0. The van der Waals surface area contributed by atoms with Crippen LogP contribution in [0, 0.1) is 11.8 Å². The first-order chi connectivity index (χ1) is 7.24. The molecule has 2 aliphatic rings. The minimum Gasteiger partial charge on any atom is -0.375 e. The van der Waals surface area contributed by atoms with E-state index in [0.717, 1.165) is 11.8 Å².